The molecule has 1 unspecified atom stereocenters. The molecule has 1 aliphatic heterocycles. The second-order valence-corrected chi connectivity index (χ2v) is 8.57. The predicted molar refractivity (Wildman–Crippen MR) is 110 cm³/mol. The van der Waals surface area contributed by atoms with Crippen LogP contribution >= 0.6 is 11.3 Å². The summed E-state index contributed by atoms with van der Waals surface area (Å²) in [5, 5.41) is 4.93. The normalized spacial score (nSPS) is 16.8. The van der Waals surface area contributed by atoms with Crippen molar-refractivity contribution in [3.63, 3.8) is 0 Å². The number of carbonyl (C=O) groups is 1. The number of rotatable bonds is 7. The molecule has 1 amide bonds. The molecule has 1 saturated heterocycles. The van der Waals surface area contributed by atoms with Crippen LogP contribution in [0.25, 0.3) is 10.2 Å². The minimum atomic E-state index is -0.157. The molecule has 8 heteroatoms. The molecular weight excluding hydrogens is 390 g/mol. The first kappa shape index (κ1) is 19.8. The summed E-state index contributed by atoms with van der Waals surface area (Å²) in [5.41, 5.74) is 1.21. The van der Waals surface area contributed by atoms with Gasteiger partial charge in [-0.05, 0) is 44.7 Å². The van der Waals surface area contributed by atoms with E-state index in [1.807, 2.05) is 25.1 Å². The molecule has 29 heavy (non-hydrogen) atoms. The number of aryl methyl sites for hydroxylation is 1. The fourth-order valence-electron chi connectivity index (χ4n) is 3.42. The number of benzene rings is 1. The van der Waals surface area contributed by atoms with Crippen molar-refractivity contribution < 1.29 is 18.8 Å². The summed E-state index contributed by atoms with van der Waals surface area (Å²) >= 11 is 1.65. The van der Waals surface area contributed by atoms with E-state index in [1.54, 1.807) is 29.4 Å². The van der Waals surface area contributed by atoms with Gasteiger partial charge in [-0.1, -0.05) is 5.16 Å². The Kier molecular flexibility index (Phi) is 6.10. The number of fused-ring (bicyclic) bond motifs is 1. The molecule has 0 aliphatic carbocycles. The minimum Gasteiger partial charge on any atom is -0.485 e. The zero-order valence-corrected chi connectivity index (χ0v) is 17.5. The minimum absolute atomic E-state index is 0.157. The molecule has 0 radical (unpaired) electrons. The van der Waals surface area contributed by atoms with Crippen molar-refractivity contribution in [2.45, 2.75) is 45.3 Å². The van der Waals surface area contributed by atoms with Gasteiger partial charge in [0.1, 0.15) is 12.4 Å². The van der Waals surface area contributed by atoms with Gasteiger partial charge in [-0.15, -0.1) is 11.3 Å². The Bertz CT molecular complexity index is 977. The molecule has 0 N–H and O–H groups in total. The van der Waals surface area contributed by atoms with E-state index >= 15 is 0 Å². The maximum absolute atomic E-state index is 12.6. The van der Waals surface area contributed by atoms with Crippen molar-refractivity contribution in [2.75, 3.05) is 20.2 Å². The van der Waals surface area contributed by atoms with E-state index in [0.717, 1.165) is 41.1 Å². The van der Waals surface area contributed by atoms with Gasteiger partial charge in [-0.25, -0.2) is 4.98 Å². The van der Waals surface area contributed by atoms with Crippen LogP contribution in [0.1, 0.15) is 46.9 Å². The molecule has 2 aromatic heterocycles. The average Bonchev–Trinajstić information content (AvgIpc) is 3.36. The summed E-state index contributed by atoms with van der Waals surface area (Å²) in [5.74, 6) is 1.05. The van der Waals surface area contributed by atoms with Crippen LogP contribution < -0.4 is 4.74 Å². The maximum Gasteiger partial charge on any atom is 0.275 e. The second kappa shape index (κ2) is 8.92. The van der Waals surface area contributed by atoms with Gasteiger partial charge < -0.3 is 18.9 Å². The van der Waals surface area contributed by atoms with Crippen molar-refractivity contribution in [2.24, 2.45) is 0 Å². The number of carbonyl (C=O) groups excluding carboxylic acids is 1. The third-order valence-corrected chi connectivity index (χ3v) is 5.98. The Morgan fingerprint density at radius 1 is 1.34 bits per heavy atom. The Hall–Kier alpha value is -2.45. The van der Waals surface area contributed by atoms with Gasteiger partial charge in [0.15, 0.2) is 11.5 Å². The van der Waals surface area contributed by atoms with E-state index in [1.165, 1.54) is 6.42 Å². The van der Waals surface area contributed by atoms with Crippen LogP contribution in [-0.2, 0) is 11.3 Å². The van der Waals surface area contributed by atoms with Crippen LogP contribution in [0.5, 0.6) is 5.75 Å². The molecule has 1 aliphatic rings. The van der Waals surface area contributed by atoms with Crippen molar-refractivity contribution in [3.8, 4) is 5.75 Å². The van der Waals surface area contributed by atoms with Crippen LogP contribution in [0.15, 0.2) is 28.8 Å². The second-order valence-electron chi connectivity index (χ2n) is 7.33. The number of amides is 1. The summed E-state index contributed by atoms with van der Waals surface area (Å²) in [7, 11) is 1.78. The molecule has 1 atom stereocenters. The molecule has 3 heterocycles. The summed E-state index contributed by atoms with van der Waals surface area (Å²) in [6.45, 7) is 3.64. The van der Waals surface area contributed by atoms with E-state index in [2.05, 4.69) is 10.1 Å². The first-order valence-electron chi connectivity index (χ1n) is 9.91. The Balaban J connectivity index is 1.30. The molecule has 3 aromatic rings. The number of nitrogens with zero attached hydrogens (tertiary/aromatic N) is 3. The molecule has 0 spiro atoms. The van der Waals surface area contributed by atoms with Gasteiger partial charge in [-0.2, -0.15) is 0 Å². The number of hydrogen-bond acceptors (Lipinski definition) is 7. The van der Waals surface area contributed by atoms with Gasteiger partial charge in [0.2, 0.25) is 0 Å². The van der Waals surface area contributed by atoms with Crippen LogP contribution in [0.2, 0.25) is 0 Å². The summed E-state index contributed by atoms with van der Waals surface area (Å²) < 4.78 is 17.9. The highest BCUT2D eigenvalue weighted by Gasteiger charge is 2.20. The van der Waals surface area contributed by atoms with Crippen molar-refractivity contribution in [3.05, 3.63) is 40.7 Å². The van der Waals surface area contributed by atoms with E-state index in [0.29, 0.717) is 23.7 Å². The van der Waals surface area contributed by atoms with Gasteiger partial charge in [0, 0.05) is 32.3 Å². The summed E-state index contributed by atoms with van der Waals surface area (Å²) in [6.07, 6.45) is 4.49. The van der Waals surface area contributed by atoms with E-state index in [4.69, 9.17) is 14.0 Å². The molecule has 0 bridgehead atoms. The van der Waals surface area contributed by atoms with Crippen LogP contribution in [0, 0.1) is 6.92 Å². The molecule has 7 nitrogen and oxygen atoms in total. The highest BCUT2D eigenvalue weighted by molar-refractivity contribution is 7.18. The van der Waals surface area contributed by atoms with E-state index in [-0.39, 0.29) is 18.6 Å². The third kappa shape index (κ3) is 4.94. The fraction of sp³-hybridized carbons (Fsp3) is 0.476. The maximum atomic E-state index is 12.6. The lowest BCUT2D eigenvalue weighted by atomic mass is 10.1. The highest BCUT2D eigenvalue weighted by Crippen LogP contribution is 2.26. The lowest BCUT2D eigenvalue weighted by Gasteiger charge is -2.24. The first-order chi connectivity index (χ1) is 14.1. The number of aromatic nitrogens is 2. The van der Waals surface area contributed by atoms with Gasteiger partial charge in [0.05, 0.1) is 21.3 Å². The highest BCUT2D eigenvalue weighted by atomic mass is 32.1. The lowest BCUT2D eigenvalue weighted by Crippen LogP contribution is -2.31. The van der Waals surface area contributed by atoms with Crippen molar-refractivity contribution >= 4 is 27.5 Å². The predicted octanol–water partition coefficient (Wildman–Crippen LogP) is 4.20. The van der Waals surface area contributed by atoms with Crippen LogP contribution in [0.4, 0.5) is 0 Å². The zero-order chi connectivity index (χ0) is 20.2. The molecule has 1 fully saturated rings. The molecule has 154 valence electrons. The number of thiazole rings is 1. The van der Waals surface area contributed by atoms with Crippen molar-refractivity contribution in [1.82, 2.24) is 15.0 Å². The van der Waals surface area contributed by atoms with Crippen molar-refractivity contribution in [1.29, 1.82) is 0 Å². The third-order valence-electron chi connectivity index (χ3n) is 5.03. The van der Waals surface area contributed by atoms with Gasteiger partial charge in [0.25, 0.3) is 5.91 Å². The number of hydrogen-bond donors (Lipinski definition) is 0. The molecule has 4 rings (SSSR count). The fourth-order valence-corrected chi connectivity index (χ4v) is 4.23. The molecular formula is C21H25N3O4S. The van der Waals surface area contributed by atoms with E-state index in [9.17, 15) is 4.79 Å². The SMILES string of the molecule is Cc1nc2cc(OCc3cc(C(=O)N(C)CCC4CCCCO4)no3)ccc2s1. The van der Waals surface area contributed by atoms with Gasteiger partial charge in [-0.3, -0.25) is 4.79 Å². The summed E-state index contributed by atoms with van der Waals surface area (Å²) in [4.78, 5) is 18.7. The number of ether oxygens (including phenoxy) is 2. The lowest BCUT2D eigenvalue weighted by molar-refractivity contribution is 0.00703. The van der Waals surface area contributed by atoms with Crippen LogP contribution in [-0.4, -0.2) is 47.3 Å². The van der Waals surface area contributed by atoms with E-state index < -0.39 is 0 Å². The van der Waals surface area contributed by atoms with Gasteiger partial charge >= 0.3 is 0 Å². The summed E-state index contributed by atoms with van der Waals surface area (Å²) in [6, 6.07) is 7.45. The Morgan fingerprint density at radius 2 is 2.24 bits per heavy atom. The quantitative estimate of drug-likeness (QED) is 0.575. The largest absolute Gasteiger partial charge is 0.485 e. The zero-order valence-electron chi connectivity index (χ0n) is 16.7. The monoisotopic (exact) mass is 415 g/mol. The van der Waals surface area contributed by atoms with Crippen LogP contribution in [0.3, 0.4) is 0 Å². The Labute approximate surface area is 173 Å². The Morgan fingerprint density at radius 3 is 3.07 bits per heavy atom. The standard InChI is InChI=1S/C21H25N3O4S/c1-14-22-18-11-16(6-7-20(18)29-14)27-13-17-12-19(23-28-17)21(25)24(2)9-8-15-5-3-4-10-26-15/h6-7,11-12,15H,3-5,8-10,13H2,1-2H3. The molecule has 0 saturated carbocycles. The molecule has 1 aromatic carbocycles. The topological polar surface area (TPSA) is 77.7 Å². The first-order valence-corrected chi connectivity index (χ1v) is 10.7. The average molecular weight is 416 g/mol. The smallest absolute Gasteiger partial charge is 0.275 e.